The Hall–Kier alpha value is -3.48. The molecule has 0 spiro atoms. The van der Waals surface area contributed by atoms with E-state index in [2.05, 4.69) is 15.3 Å². The lowest BCUT2D eigenvalue weighted by molar-refractivity contribution is 0.0740. The Morgan fingerprint density at radius 3 is 2.29 bits per heavy atom. The number of benzene rings is 2. The van der Waals surface area contributed by atoms with Gasteiger partial charge in [0.25, 0.3) is 5.91 Å². The number of hydrogen-bond donors (Lipinski definition) is 1. The lowest BCUT2D eigenvalue weighted by atomic mass is 10.2. The van der Waals surface area contributed by atoms with Gasteiger partial charge in [-0.2, -0.15) is 0 Å². The molecule has 0 bridgehead atoms. The molecule has 2 aromatic carbocycles. The van der Waals surface area contributed by atoms with Gasteiger partial charge in [-0.1, -0.05) is 30.3 Å². The molecule has 1 saturated heterocycles. The van der Waals surface area contributed by atoms with Crippen LogP contribution in [0.3, 0.4) is 0 Å². The topological polar surface area (TPSA) is 61.4 Å². The smallest absolute Gasteiger partial charge is 0.274 e. The van der Waals surface area contributed by atoms with E-state index in [0.717, 1.165) is 5.69 Å². The Kier molecular flexibility index (Phi) is 5.14. The van der Waals surface area contributed by atoms with Crippen molar-refractivity contribution in [3.05, 3.63) is 78.5 Å². The molecule has 3 aromatic rings. The van der Waals surface area contributed by atoms with E-state index in [1.165, 1.54) is 12.3 Å². The normalized spacial score (nSPS) is 14.0. The molecule has 142 valence electrons. The van der Waals surface area contributed by atoms with Crippen LogP contribution in [0, 0.1) is 5.82 Å². The highest BCUT2D eigenvalue weighted by Crippen LogP contribution is 2.20. The Bertz CT molecular complexity index is 941. The summed E-state index contributed by atoms with van der Waals surface area (Å²) in [6.07, 6.45) is 3.03. The van der Waals surface area contributed by atoms with Gasteiger partial charge in [-0.3, -0.25) is 4.79 Å². The highest BCUT2D eigenvalue weighted by atomic mass is 19.1. The molecule has 1 amide bonds. The van der Waals surface area contributed by atoms with Gasteiger partial charge in [-0.15, -0.1) is 0 Å². The largest absolute Gasteiger partial charge is 0.366 e. The molecule has 0 saturated carbocycles. The van der Waals surface area contributed by atoms with Gasteiger partial charge >= 0.3 is 0 Å². The van der Waals surface area contributed by atoms with Gasteiger partial charge in [-0.25, -0.2) is 14.4 Å². The Morgan fingerprint density at radius 1 is 0.893 bits per heavy atom. The van der Waals surface area contributed by atoms with Crippen LogP contribution in [0.4, 0.5) is 21.6 Å². The molecule has 1 N–H and O–H groups in total. The number of halogens is 1. The number of nitrogens with zero attached hydrogens (tertiary/aromatic N) is 4. The number of aromatic nitrogens is 2. The van der Waals surface area contributed by atoms with Crippen LogP contribution in [0.25, 0.3) is 0 Å². The number of amides is 1. The van der Waals surface area contributed by atoms with Crippen LogP contribution in [-0.2, 0) is 0 Å². The highest BCUT2D eigenvalue weighted by molar-refractivity contribution is 5.92. The predicted octanol–water partition coefficient (Wildman–Crippen LogP) is 3.32. The van der Waals surface area contributed by atoms with Gasteiger partial charge in [-0.05, 0) is 24.3 Å². The standard InChI is InChI=1S/C21H20FN5O/c22-17-8-4-5-9-19(17)26-10-12-27(13-11-26)21(28)18-14-24-20(15-23-18)25-16-6-2-1-3-7-16/h1-9,14-15H,10-13H2,(H,24,25). The molecule has 6 nitrogen and oxygen atoms in total. The molecule has 4 rings (SSSR count). The summed E-state index contributed by atoms with van der Waals surface area (Å²) >= 11 is 0. The van der Waals surface area contributed by atoms with Crippen LogP contribution >= 0.6 is 0 Å². The lowest BCUT2D eigenvalue weighted by Gasteiger charge is -2.36. The second kappa shape index (κ2) is 8.04. The third kappa shape index (κ3) is 3.93. The maximum atomic E-state index is 13.9. The number of hydrogen-bond acceptors (Lipinski definition) is 5. The summed E-state index contributed by atoms with van der Waals surface area (Å²) in [4.78, 5) is 24.9. The molecule has 1 aliphatic heterocycles. The molecular weight excluding hydrogens is 357 g/mol. The molecule has 1 aromatic heterocycles. The van der Waals surface area contributed by atoms with Crippen LogP contribution in [0.15, 0.2) is 67.0 Å². The Labute approximate surface area is 162 Å². The number of nitrogens with one attached hydrogen (secondary N) is 1. The molecule has 0 atom stereocenters. The lowest BCUT2D eigenvalue weighted by Crippen LogP contribution is -2.49. The second-order valence-corrected chi connectivity index (χ2v) is 6.51. The van der Waals surface area contributed by atoms with Crippen molar-refractivity contribution in [3.8, 4) is 0 Å². The summed E-state index contributed by atoms with van der Waals surface area (Å²) in [6, 6.07) is 16.3. The number of anilines is 3. The molecule has 2 heterocycles. The molecule has 7 heteroatoms. The zero-order valence-corrected chi connectivity index (χ0v) is 15.3. The van der Waals surface area contributed by atoms with Crippen molar-refractivity contribution in [2.24, 2.45) is 0 Å². The van der Waals surface area contributed by atoms with Gasteiger partial charge in [0, 0.05) is 31.9 Å². The zero-order valence-electron chi connectivity index (χ0n) is 15.3. The third-order valence-corrected chi connectivity index (χ3v) is 4.68. The number of para-hydroxylation sites is 2. The number of carbonyl (C=O) groups is 1. The van der Waals surface area contributed by atoms with E-state index in [9.17, 15) is 9.18 Å². The van der Waals surface area contributed by atoms with Gasteiger partial charge < -0.3 is 15.1 Å². The van der Waals surface area contributed by atoms with Crippen LogP contribution < -0.4 is 10.2 Å². The molecule has 1 fully saturated rings. The van der Waals surface area contributed by atoms with E-state index in [1.807, 2.05) is 41.3 Å². The Morgan fingerprint density at radius 2 is 1.61 bits per heavy atom. The molecule has 1 aliphatic rings. The number of piperazine rings is 1. The van der Waals surface area contributed by atoms with Gasteiger partial charge in [0.2, 0.25) is 0 Å². The van der Waals surface area contributed by atoms with Crippen molar-refractivity contribution < 1.29 is 9.18 Å². The maximum absolute atomic E-state index is 13.9. The van der Waals surface area contributed by atoms with Gasteiger partial charge in [0.15, 0.2) is 0 Å². The first-order chi connectivity index (χ1) is 13.7. The van der Waals surface area contributed by atoms with Crippen LogP contribution in [0.5, 0.6) is 0 Å². The third-order valence-electron chi connectivity index (χ3n) is 4.68. The maximum Gasteiger partial charge on any atom is 0.274 e. The average molecular weight is 377 g/mol. The fraction of sp³-hybridized carbons (Fsp3) is 0.190. The molecule has 0 radical (unpaired) electrons. The van der Waals surface area contributed by atoms with Crippen molar-refractivity contribution >= 4 is 23.1 Å². The first kappa shape index (κ1) is 17.9. The SMILES string of the molecule is O=C(c1cnc(Nc2ccccc2)cn1)N1CCN(c2ccccc2F)CC1. The fourth-order valence-electron chi connectivity index (χ4n) is 3.19. The molecule has 28 heavy (non-hydrogen) atoms. The average Bonchev–Trinajstić information content (AvgIpc) is 2.75. The minimum atomic E-state index is -0.241. The summed E-state index contributed by atoms with van der Waals surface area (Å²) in [5.74, 6) is 0.175. The first-order valence-electron chi connectivity index (χ1n) is 9.13. The van der Waals surface area contributed by atoms with E-state index in [1.54, 1.807) is 23.2 Å². The van der Waals surface area contributed by atoms with E-state index in [4.69, 9.17) is 0 Å². The summed E-state index contributed by atoms with van der Waals surface area (Å²) in [5, 5.41) is 3.14. The van der Waals surface area contributed by atoms with E-state index in [-0.39, 0.29) is 11.7 Å². The second-order valence-electron chi connectivity index (χ2n) is 6.51. The number of rotatable bonds is 4. The predicted molar refractivity (Wildman–Crippen MR) is 106 cm³/mol. The minimum absolute atomic E-state index is 0.160. The number of carbonyl (C=O) groups excluding carboxylic acids is 1. The minimum Gasteiger partial charge on any atom is -0.366 e. The van der Waals surface area contributed by atoms with Crippen LogP contribution in [-0.4, -0.2) is 47.0 Å². The quantitative estimate of drug-likeness (QED) is 0.756. The van der Waals surface area contributed by atoms with E-state index >= 15 is 0 Å². The zero-order chi connectivity index (χ0) is 19.3. The summed E-state index contributed by atoms with van der Waals surface area (Å²) in [6.45, 7) is 2.18. The van der Waals surface area contributed by atoms with Crippen molar-refractivity contribution in [2.75, 3.05) is 36.4 Å². The van der Waals surface area contributed by atoms with Crippen molar-refractivity contribution in [3.63, 3.8) is 0 Å². The molecule has 0 unspecified atom stereocenters. The fourth-order valence-corrected chi connectivity index (χ4v) is 3.19. The van der Waals surface area contributed by atoms with Crippen molar-refractivity contribution in [1.82, 2.24) is 14.9 Å². The van der Waals surface area contributed by atoms with Crippen molar-refractivity contribution in [2.45, 2.75) is 0 Å². The van der Waals surface area contributed by atoms with E-state index in [0.29, 0.717) is 43.4 Å². The van der Waals surface area contributed by atoms with Crippen LogP contribution in [0.1, 0.15) is 10.5 Å². The van der Waals surface area contributed by atoms with E-state index < -0.39 is 0 Å². The summed E-state index contributed by atoms with van der Waals surface area (Å²) in [5.41, 5.74) is 1.78. The molecular formula is C21H20FN5O. The van der Waals surface area contributed by atoms with Gasteiger partial charge in [0.1, 0.15) is 17.3 Å². The Balaban J connectivity index is 1.37. The molecule has 0 aliphatic carbocycles. The monoisotopic (exact) mass is 377 g/mol. The summed E-state index contributed by atoms with van der Waals surface area (Å²) in [7, 11) is 0. The van der Waals surface area contributed by atoms with Crippen LogP contribution in [0.2, 0.25) is 0 Å². The summed E-state index contributed by atoms with van der Waals surface area (Å²) < 4.78 is 13.9. The van der Waals surface area contributed by atoms with Gasteiger partial charge in [0.05, 0.1) is 18.1 Å². The van der Waals surface area contributed by atoms with Crippen molar-refractivity contribution in [1.29, 1.82) is 0 Å². The first-order valence-corrected chi connectivity index (χ1v) is 9.13. The highest BCUT2D eigenvalue weighted by Gasteiger charge is 2.24.